The van der Waals surface area contributed by atoms with Gasteiger partial charge in [0.25, 0.3) is 5.91 Å². The maximum Gasteiger partial charge on any atom is 0.265 e. The summed E-state index contributed by atoms with van der Waals surface area (Å²) in [5, 5.41) is 6.21. The molecule has 7 heteroatoms. The Hall–Kier alpha value is -1.82. The van der Waals surface area contributed by atoms with Crippen LogP contribution in [0.1, 0.15) is 11.7 Å². The van der Waals surface area contributed by atoms with Crippen LogP contribution in [-0.2, 0) is 4.79 Å². The van der Waals surface area contributed by atoms with Crippen LogP contribution in [0.25, 0.3) is 0 Å². The van der Waals surface area contributed by atoms with Gasteiger partial charge < -0.3 is 15.4 Å². The molecule has 1 aliphatic heterocycles. The first-order valence-electron chi connectivity index (χ1n) is 7.78. The summed E-state index contributed by atoms with van der Waals surface area (Å²) >= 11 is 6.02. The average molecular weight is 385 g/mol. The topological polar surface area (TPSA) is 50.4 Å². The van der Waals surface area contributed by atoms with Crippen molar-refractivity contribution in [3.05, 3.63) is 64.9 Å². The Bertz CT molecular complexity index is 711. The molecule has 0 saturated carbocycles. The minimum Gasteiger partial charge on any atom is -0.474 e. The summed E-state index contributed by atoms with van der Waals surface area (Å²) in [7, 11) is 0. The summed E-state index contributed by atoms with van der Waals surface area (Å²) in [5.41, 5.74) is 0.710. The molecule has 0 spiro atoms. The largest absolute Gasteiger partial charge is 0.474 e. The van der Waals surface area contributed by atoms with E-state index in [1.807, 2.05) is 30.3 Å². The molecule has 4 nitrogen and oxygen atoms in total. The van der Waals surface area contributed by atoms with Crippen LogP contribution in [0.5, 0.6) is 5.75 Å². The van der Waals surface area contributed by atoms with Crippen LogP contribution in [0.4, 0.5) is 4.39 Å². The number of halogens is 3. The number of nitrogens with one attached hydrogen (secondary N) is 2. The second-order valence-corrected chi connectivity index (χ2v) is 6.16. The van der Waals surface area contributed by atoms with Crippen molar-refractivity contribution < 1.29 is 13.9 Å². The molecule has 2 N–H and O–H groups in total. The standard InChI is InChI=1S/C18H18ClFN2O2.ClH/c19-15-8-14(20)6-7-16(15)24-17(13-4-2-1-3-5-13)18(23)22-11-12-9-21-10-12;/h1-8,12,17,21H,9-11H2,(H,22,23);1H. The number of amides is 1. The predicted molar refractivity (Wildman–Crippen MR) is 97.8 cm³/mol. The number of rotatable bonds is 6. The summed E-state index contributed by atoms with van der Waals surface area (Å²) in [5.74, 6) is 0.0196. The van der Waals surface area contributed by atoms with E-state index in [1.165, 1.54) is 12.1 Å². The number of carbonyl (C=O) groups excluding carboxylic acids is 1. The smallest absolute Gasteiger partial charge is 0.265 e. The first kappa shape index (κ1) is 19.5. The molecule has 0 radical (unpaired) electrons. The molecule has 1 saturated heterocycles. The van der Waals surface area contributed by atoms with Crippen molar-refractivity contribution in [1.82, 2.24) is 10.6 Å². The molecule has 3 rings (SSSR count). The SMILES string of the molecule is Cl.O=C(NCC1CNC1)C(Oc1ccc(F)cc1Cl)c1ccccc1. The van der Waals surface area contributed by atoms with E-state index < -0.39 is 11.9 Å². The summed E-state index contributed by atoms with van der Waals surface area (Å²) in [6.07, 6.45) is -0.845. The van der Waals surface area contributed by atoms with E-state index in [1.54, 1.807) is 0 Å². The number of hydrogen-bond donors (Lipinski definition) is 2. The highest BCUT2D eigenvalue weighted by Crippen LogP contribution is 2.30. The average Bonchev–Trinajstić information content (AvgIpc) is 2.53. The lowest BCUT2D eigenvalue weighted by Crippen LogP contribution is -2.49. The third kappa shape index (κ3) is 5.08. The van der Waals surface area contributed by atoms with Gasteiger partial charge in [-0.25, -0.2) is 4.39 Å². The van der Waals surface area contributed by atoms with Gasteiger partial charge >= 0.3 is 0 Å². The Labute approximate surface area is 157 Å². The van der Waals surface area contributed by atoms with Crippen LogP contribution in [0, 0.1) is 11.7 Å². The number of ether oxygens (including phenoxy) is 1. The lowest BCUT2D eigenvalue weighted by Gasteiger charge is -2.28. The van der Waals surface area contributed by atoms with Gasteiger partial charge in [0.05, 0.1) is 5.02 Å². The molecular formula is C18H19Cl2FN2O2. The number of carbonyl (C=O) groups is 1. The van der Waals surface area contributed by atoms with E-state index in [0.717, 1.165) is 19.2 Å². The van der Waals surface area contributed by atoms with Crippen LogP contribution in [0.2, 0.25) is 5.02 Å². The fourth-order valence-corrected chi connectivity index (χ4v) is 2.64. The fourth-order valence-electron chi connectivity index (χ4n) is 2.43. The summed E-state index contributed by atoms with van der Waals surface area (Å²) in [4.78, 5) is 12.6. The van der Waals surface area contributed by atoms with Crippen molar-refractivity contribution in [1.29, 1.82) is 0 Å². The zero-order valence-electron chi connectivity index (χ0n) is 13.4. The molecular weight excluding hydrogens is 366 g/mol. The highest BCUT2D eigenvalue weighted by atomic mass is 35.5. The fraction of sp³-hybridized carbons (Fsp3) is 0.278. The summed E-state index contributed by atoms with van der Waals surface area (Å²) < 4.78 is 19.0. The van der Waals surface area contributed by atoms with E-state index in [2.05, 4.69) is 10.6 Å². The van der Waals surface area contributed by atoms with Gasteiger partial charge in [0, 0.05) is 31.1 Å². The van der Waals surface area contributed by atoms with Crippen LogP contribution < -0.4 is 15.4 Å². The maximum absolute atomic E-state index is 13.2. The minimum absolute atomic E-state index is 0. The quantitative estimate of drug-likeness (QED) is 0.802. The molecule has 134 valence electrons. The lowest BCUT2D eigenvalue weighted by molar-refractivity contribution is -0.128. The van der Waals surface area contributed by atoms with Gasteiger partial charge in [0.2, 0.25) is 6.10 Å². The molecule has 1 unspecified atom stereocenters. The van der Waals surface area contributed by atoms with Crippen molar-refractivity contribution >= 4 is 29.9 Å². The van der Waals surface area contributed by atoms with Crippen LogP contribution in [0.15, 0.2) is 48.5 Å². The highest BCUT2D eigenvalue weighted by molar-refractivity contribution is 6.32. The van der Waals surface area contributed by atoms with Gasteiger partial charge in [-0.05, 0) is 18.2 Å². The van der Waals surface area contributed by atoms with Crippen molar-refractivity contribution in [3.63, 3.8) is 0 Å². The van der Waals surface area contributed by atoms with Crippen molar-refractivity contribution in [2.24, 2.45) is 5.92 Å². The Balaban J connectivity index is 0.00000225. The monoisotopic (exact) mass is 384 g/mol. The summed E-state index contributed by atoms with van der Waals surface area (Å²) in [6.45, 7) is 2.40. The first-order valence-corrected chi connectivity index (χ1v) is 8.16. The Morgan fingerprint density at radius 3 is 2.60 bits per heavy atom. The van der Waals surface area contributed by atoms with E-state index in [4.69, 9.17) is 16.3 Å². The molecule has 1 fully saturated rings. The van der Waals surface area contributed by atoms with Gasteiger partial charge in [0.1, 0.15) is 11.6 Å². The molecule has 0 bridgehead atoms. The zero-order chi connectivity index (χ0) is 16.9. The van der Waals surface area contributed by atoms with Crippen molar-refractivity contribution in [2.45, 2.75) is 6.10 Å². The van der Waals surface area contributed by atoms with E-state index in [0.29, 0.717) is 18.0 Å². The molecule has 25 heavy (non-hydrogen) atoms. The van der Waals surface area contributed by atoms with Gasteiger partial charge in [0.15, 0.2) is 0 Å². The van der Waals surface area contributed by atoms with Crippen LogP contribution in [-0.4, -0.2) is 25.5 Å². The Morgan fingerprint density at radius 2 is 2.00 bits per heavy atom. The maximum atomic E-state index is 13.2. The molecule has 1 atom stereocenters. The van der Waals surface area contributed by atoms with Crippen LogP contribution >= 0.6 is 24.0 Å². The van der Waals surface area contributed by atoms with Gasteiger partial charge in [-0.15, -0.1) is 12.4 Å². The molecule has 1 heterocycles. The van der Waals surface area contributed by atoms with Gasteiger partial charge in [-0.2, -0.15) is 0 Å². The summed E-state index contributed by atoms with van der Waals surface area (Å²) in [6, 6.07) is 13.0. The molecule has 1 aliphatic rings. The van der Waals surface area contributed by atoms with Gasteiger partial charge in [-0.1, -0.05) is 41.9 Å². The minimum atomic E-state index is -0.845. The molecule has 1 amide bonds. The van der Waals surface area contributed by atoms with Crippen molar-refractivity contribution in [2.75, 3.05) is 19.6 Å². The molecule has 2 aromatic rings. The number of hydrogen-bond acceptors (Lipinski definition) is 3. The highest BCUT2D eigenvalue weighted by Gasteiger charge is 2.25. The van der Waals surface area contributed by atoms with Crippen LogP contribution in [0.3, 0.4) is 0 Å². The second-order valence-electron chi connectivity index (χ2n) is 5.75. The third-order valence-electron chi connectivity index (χ3n) is 3.91. The second kappa shape index (κ2) is 9.04. The molecule has 0 aliphatic carbocycles. The van der Waals surface area contributed by atoms with Crippen molar-refractivity contribution in [3.8, 4) is 5.75 Å². The first-order chi connectivity index (χ1) is 11.6. The molecule has 2 aromatic carbocycles. The van der Waals surface area contributed by atoms with E-state index in [-0.39, 0.29) is 29.1 Å². The Morgan fingerprint density at radius 1 is 1.28 bits per heavy atom. The van der Waals surface area contributed by atoms with E-state index in [9.17, 15) is 9.18 Å². The molecule has 0 aromatic heterocycles. The lowest BCUT2D eigenvalue weighted by atomic mass is 10.0. The predicted octanol–water partition coefficient (Wildman–Crippen LogP) is 3.36. The van der Waals surface area contributed by atoms with E-state index >= 15 is 0 Å². The Kier molecular flexibility index (Phi) is 7.05. The van der Waals surface area contributed by atoms with Gasteiger partial charge in [-0.3, -0.25) is 4.79 Å². The number of benzene rings is 2. The zero-order valence-corrected chi connectivity index (χ0v) is 14.9. The normalized spacial score (nSPS) is 14.8. The third-order valence-corrected chi connectivity index (χ3v) is 4.21.